The van der Waals surface area contributed by atoms with E-state index in [-0.39, 0.29) is 13.8 Å². The molecule has 0 aromatic heterocycles. The third-order valence-corrected chi connectivity index (χ3v) is 5.36. The van der Waals surface area contributed by atoms with E-state index < -0.39 is 61.1 Å². The summed E-state index contributed by atoms with van der Waals surface area (Å²) in [6.45, 7) is -0.279. The van der Waals surface area contributed by atoms with Crippen LogP contribution >= 0.6 is 11.6 Å². The zero-order chi connectivity index (χ0) is 21.7. The van der Waals surface area contributed by atoms with E-state index in [0.717, 1.165) is 0 Å². The Morgan fingerprint density at radius 1 is 0.857 bits per heavy atom. The van der Waals surface area contributed by atoms with Gasteiger partial charge in [0.25, 0.3) is 11.4 Å². The molecule has 0 amide bonds. The highest BCUT2D eigenvalue weighted by molar-refractivity contribution is 6.30. The summed E-state index contributed by atoms with van der Waals surface area (Å²) in [5, 5.41) is 7.77. The zero-order valence-electron chi connectivity index (χ0n) is 13.7. The van der Waals surface area contributed by atoms with E-state index >= 15 is 0 Å². The summed E-state index contributed by atoms with van der Waals surface area (Å²) in [6.07, 6.45) is 0. The van der Waals surface area contributed by atoms with Crippen LogP contribution in [0.3, 0.4) is 0 Å². The first-order chi connectivity index (χ1) is 12.4. The highest BCUT2D eigenvalue weighted by Gasteiger charge is 2.96. The van der Waals surface area contributed by atoms with Crippen molar-refractivity contribution in [3.8, 4) is 0 Å². The topological polar surface area (TPSA) is 67.9 Å². The molecule has 14 heteroatoms. The number of rotatable bonds is 1. The van der Waals surface area contributed by atoms with E-state index in [9.17, 15) is 45.2 Å². The normalized spacial score (nSPS) is 26.8. The third kappa shape index (κ3) is 1.83. The van der Waals surface area contributed by atoms with E-state index in [1.54, 1.807) is 0 Å². The number of nitro groups is 1. The lowest BCUT2D eigenvalue weighted by Crippen LogP contribution is -2.82. The molecule has 1 spiro atoms. The first kappa shape index (κ1) is 20.7. The van der Waals surface area contributed by atoms with Crippen molar-refractivity contribution in [2.24, 2.45) is 15.4 Å². The summed E-state index contributed by atoms with van der Waals surface area (Å²) >= 11 is 5.59. The molecule has 1 aromatic rings. The Bertz CT molecular complexity index is 994. The molecule has 0 unspecified atom stereocenters. The van der Waals surface area contributed by atoms with Gasteiger partial charge in [0.1, 0.15) is 10.8 Å². The van der Waals surface area contributed by atoms with Gasteiger partial charge >= 0.3 is 23.7 Å². The molecule has 2 aliphatic rings. The minimum Gasteiger partial charge on any atom is -0.258 e. The van der Waals surface area contributed by atoms with E-state index in [4.69, 9.17) is 11.6 Å². The van der Waals surface area contributed by atoms with Crippen LogP contribution in [0.25, 0.3) is 0 Å². The van der Waals surface area contributed by atoms with Crippen LogP contribution in [-0.2, 0) is 0 Å². The second-order valence-corrected chi connectivity index (χ2v) is 7.25. The molecular formula is C14H8ClF8N3O2. The standard InChI is InChI=1S/C14H8ClF8N3O2/c1-9(2)10(16,17)12(20,21)14(13(22,23)11(9,18)19)24-7-5(15)3-4-6(26(27)28)8(7)25-14/h3-4H,1-2H3. The fourth-order valence-corrected chi connectivity index (χ4v) is 3.35. The maximum Gasteiger partial charge on any atom is 0.361 e. The van der Waals surface area contributed by atoms with Gasteiger partial charge in [-0.2, -0.15) is 35.1 Å². The Hall–Kier alpha value is -2.05. The van der Waals surface area contributed by atoms with Crippen LogP contribution in [-0.4, -0.2) is 34.3 Å². The Labute approximate surface area is 154 Å². The molecule has 1 heterocycles. The number of benzene rings is 1. The lowest BCUT2D eigenvalue weighted by atomic mass is 9.62. The average molecular weight is 438 g/mol. The molecule has 0 bridgehead atoms. The molecule has 154 valence electrons. The summed E-state index contributed by atoms with van der Waals surface area (Å²) in [6, 6.07) is 1.26. The van der Waals surface area contributed by atoms with Crippen LogP contribution in [0.4, 0.5) is 40.8 Å². The molecule has 1 aliphatic carbocycles. The van der Waals surface area contributed by atoms with Crippen molar-refractivity contribution in [2.75, 3.05) is 0 Å². The number of nitrogens with zero attached hydrogens (tertiary/aromatic N) is 3. The number of alkyl halides is 8. The lowest BCUT2D eigenvalue weighted by molar-refractivity contribution is -0.433. The van der Waals surface area contributed by atoms with Gasteiger partial charge < -0.3 is 0 Å². The second-order valence-electron chi connectivity index (χ2n) is 6.84. The van der Waals surface area contributed by atoms with Gasteiger partial charge in [0, 0.05) is 6.07 Å². The van der Waals surface area contributed by atoms with Gasteiger partial charge in [0.05, 0.1) is 9.95 Å². The Morgan fingerprint density at radius 3 is 1.71 bits per heavy atom. The van der Waals surface area contributed by atoms with Crippen LogP contribution < -0.4 is 10.7 Å². The van der Waals surface area contributed by atoms with Crippen LogP contribution in [0, 0.1) is 15.5 Å². The molecule has 1 aliphatic heterocycles. The quantitative estimate of drug-likeness (QED) is 0.381. The maximum atomic E-state index is 14.7. The average Bonchev–Trinajstić information content (AvgIpc) is 2.96. The Morgan fingerprint density at radius 2 is 1.29 bits per heavy atom. The van der Waals surface area contributed by atoms with Crippen molar-refractivity contribution in [1.82, 2.24) is 0 Å². The number of hydrogen-bond acceptors (Lipinski definition) is 4. The van der Waals surface area contributed by atoms with Gasteiger partial charge in [-0.25, -0.2) is 9.98 Å². The van der Waals surface area contributed by atoms with Crippen molar-refractivity contribution in [2.45, 2.75) is 43.2 Å². The third-order valence-electron chi connectivity index (χ3n) is 5.06. The van der Waals surface area contributed by atoms with Crippen LogP contribution in [0.1, 0.15) is 13.8 Å². The molecular weight excluding hydrogens is 430 g/mol. The van der Waals surface area contributed by atoms with Crippen molar-refractivity contribution in [3.05, 3.63) is 38.0 Å². The van der Waals surface area contributed by atoms with Gasteiger partial charge in [-0.15, -0.1) is 0 Å². The Balaban J connectivity index is 2.53. The highest BCUT2D eigenvalue weighted by atomic mass is 35.5. The first-order valence-electron chi connectivity index (χ1n) is 7.34. The first-order valence-corrected chi connectivity index (χ1v) is 7.72. The van der Waals surface area contributed by atoms with Crippen molar-refractivity contribution in [3.63, 3.8) is 0 Å². The summed E-state index contributed by atoms with van der Waals surface area (Å²) in [7, 11) is 0. The molecule has 1 aromatic carbocycles. The van der Waals surface area contributed by atoms with Crippen molar-refractivity contribution < 1.29 is 40.0 Å². The van der Waals surface area contributed by atoms with Crippen LogP contribution in [0.5, 0.6) is 0 Å². The van der Waals surface area contributed by atoms with Gasteiger partial charge in [-0.1, -0.05) is 11.6 Å². The lowest BCUT2D eigenvalue weighted by Gasteiger charge is -2.56. The number of fused-ring (bicyclic) bond motifs is 1. The van der Waals surface area contributed by atoms with E-state index in [2.05, 4.69) is 9.98 Å². The predicted molar refractivity (Wildman–Crippen MR) is 76.7 cm³/mol. The maximum absolute atomic E-state index is 14.7. The van der Waals surface area contributed by atoms with Gasteiger partial charge in [-0.3, -0.25) is 10.1 Å². The number of halogens is 9. The van der Waals surface area contributed by atoms with Crippen molar-refractivity contribution in [1.29, 1.82) is 0 Å². The molecule has 28 heavy (non-hydrogen) atoms. The molecule has 5 nitrogen and oxygen atoms in total. The smallest absolute Gasteiger partial charge is 0.258 e. The number of nitro benzene ring substituents is 1. The van der Waals surface area contributed by atoms with E-state index in [1.165, 1.54) is 0 Å². The molecule has 0 atom stereocenters. The molecule has 1 fully saturated rings. The van der Waals surface area contributed by atoms with E-state index in [0.29, 0.717) is 12.1 Å². The summed E-state index contributed by atoms with van der Waals surface area (Å²) in [5.74, 6) is -23.4. The minimum atomic E-state index is -5.95. The Kier molecular flexibility index (Phi) is 3.77. The van der Waals surface area contributed by atoms with Gasteiger partial charge in [0.2, 0.25) is 0 Å². The summed E-state index contributed by atoms with van der Waals surface area (Å²) in [4.78, 5) is 15.1. The van der Waals surface area contributed by atoms with E-state index in [1.807, 2.05) is 0 Å². The van der Waals surface area contributed by atoms with Crippen molar-refractivity contribution >= 4 is 17.3 Å². The number of non-ortho nitro benzene ring substituents is 1. The molecule has 0 radical (unpaired) electrons. The van der Waals surface area contributed by atoms with Gasteiger partial charge in [0.15, 0.2) is 5.36 Å². The zero-order valence-corrected chi connectivity index (χ0v) is 14.5. The summed E-state index contributed by atoms with van der Waals surface area (Å²) < 4.78 is 117. The predicted octanol–water partition coefficient (Wildman–Crippen LogP) is 3.78. The SMILES string of the molecule is CC1(C)C(F)(F)C(F)(F)C2(N=c3c(Cl)ccc([N+](=O)[O-])c3=N2)C(F)(F)C1(F)F. The molecule has 0 N–H and O–H groups in total. The summed E-state index contributed by atoms with van der Waals surface area (Å²) in [5.41, 5.74) is -10.4. The monoisotopic (exact) mass is 437 g/mol. The second kappa shape index (κ2) is 5.10. The number of hydrogen-bond donors (Lipinski definition) is 0. The highest BCUT2D eigenvalue weighted by Crippen LogP contribution is 2.71. The molecule has 1 saturated carbocycles. The minimum absolute atomic E-state index is 0.140. The van der Waals surface area contributed by atoms with Crippen LogP contribution in [0.2, 0.25) is 5.02 Å². The largest absolute Gasteiger partial charge is 0.361 e. The fraction of sp³-hybridized carbons (Fsp3) is 0.571. The van der Waals surface area contributed by atoms with Gasteiger partial charge in [-0.05, 0) is 19.9 Å². The fourth-order valence-electron chi connectivity index (χ4n) is 3.15. The molecule has 0 saturated heterocycles. The van der Waals surface area contributed by atoms with Crippen LogP contribution in [0.15, 0.2) is 22.1 Å². The molecule has 3 rings (SSSR count).